The zero-order valence-electron chi connectivity index (χ0n) is 17.5. The Labute approximate surface area is 151 Å². The van der Waals surface area contributed by atoms with E-state index in [4.69, 9.17) is 0 Å². The molecule has 0 spiro atoms. The Balaban J connectivity index is 0. The van der Waals surface area contributed by atoms with Gasteiger partial charge in [0.15, 0.2) is 0 Å². The molecule has 146 valence electrons. The summed E-state index contributed by atoms with van der Waals surface area (Å²) in [4.78, 5) is 12.5. The third-order valence-electron chi connectivity index (χ3n) is 6.01. The molecule has 3 nitrogen and oxygen atoms in total. The molecule has 0 amide bonds. The number of rotatable bonds is 15. The first-order valence-corrected chi connectivity index (χ1v) is 10.2. The van der Waals surface area contributed by atoms with Crippen LogP contribution in [-0.4, -0.2) is 5.97 Å². The van der Waals surface area contributed by atoms with Crippen molar-refractivity contribution in [2.45, 2.75) is 118 Å². The zero-order valence-corrected chi connectivity index (χ0v) is 17.5. The lowest BCUT2D eigenvalue weighted by atomic mass is 9.54. The van der Waals surface area contributed by atoms with Crippen LogP contribution >= 0.6 is 0 Å². The second-order valence-corrected chi connectivity index (χ2v) is 7.42. The van der Waals surface area contributed by atoms with Crippen LogP contribution in [0.1, 0.15) is 118 Å². The molecule has 3 heteroatoms. The number of carboxylic acids is 1. The van der Waals surface area contributed by atoms with E-state index in [0.717, 1.165) is 83.5 Å². The second-order valence-electron chi connectivity index (χ2n) is 7.42. The van der Waals surface area contributed by atoms with Crippen LogP contribution < -0.4 is 11.3 Å². The predicted octanol–water partition coefficient (Wildman–Crippen LogP) is 6.26. The molecule has 0 atom stereocenters. The molecule has 0 bridgehead atoms. The van der Waals surface area contributed by atoms with Crippen LogP contribution in [0, 0.1) is 10.8 Å². The van der Waals surface area contributed by atoms with Gasteiger partial charge < -0.3 is 16.1 Å². The summed E-state index contributed by atoms with van der Waals surface area (Å²) in [5, 5.41) is 12.5. The van der Waals surface area contributed by atoms with Crippen LogP contribution in [0.5, 0.6) is 0 Å². The lowest BCUT2D eigenvalue weighted by Gasteiger charge is -2.53. The minimum Gasteiger partial charge on any atom is -0.550 e. The molecule has 24 heavy (non-hydrogen) atoms. The Kier molecular flexibility index (Phi) is 14.6. The van der Waals surface area contributed by atoms with Crippen molar-refractivity contribution in [3.8, 4) is 0 Å². The number of carbonyl (C=O) groups excluding carboxylic acids is 1. The van der Waals surface area contributed by atoms with Crippen molar-refractivity contribution in [1.29, 1.82) is 0 Å². The van der Waals surface area contributed by atoms with Crippen molar-refractivity contribution in [3.63, 3.8) is 0 Å². The van der Waals surface area contributed by atoms with E-state index >= 15 is 0 Å². The standard InChI is InChI=1S/C21H42O2.H3N/c1-6-11-15-20(10-5,16-12-7-2)21(19(22)23,17-13-8-3)18-14-9-4;/h6-18H2,1-5H3,(H,22,23);1H3. The Morgan fingerprint density at radius 1 is 0.708 bits per heavy atom. The van der Waals surface area contributed by atoms with E-state index in [1.807, 2.05) is 0 Å². The summed E-state index contributed by atoms with van der Waals surface area (Å²) in [6, 6.07) is 0. The molecule has 0 aliphatic rings. The molecule has 0 rings (SSSR count). The van der Waals surface area contributed by atoms with Gasteiger partial charge in [0, 0.05) is 11.4 Å². The number of aliphatic carboxylic acids is 1. The Hall–Kier alpha value is -0.570. The number of carbonyl (C=O) groups is 1. The molecule has 0 radical (unpaired) electrons. The van der Waals surface area contributed by atoms with Crippen LogP contribution in [0.25, 0.3) is 0 Å². The Morgan fingerprint density at radius 3 is 1.29 bits per heavy atom. The number of hydrogen-bond acceptors (Lipinski definition) is 2. The topological polar surface area (TPSA) is 76.6 Å². The van der Waals surface area contributed by atoms with Crippen molar-refractivity contribution in [3.05, 3.63) is 0 Å². The second kappa shape index (κ2) is 13.7. The molecule has 0 aromatic carbocycles. The van der Waals surface area contributed by atoms with Gasteiger partial charge in [-0.15, -0.1) is 0 Å². The van der Waals surface area contributed by atoms with E-state index in [2.05, 4.69) is 34.6 Å². The van der Waals surface area contributed by atoms with E-state index in [1.165, 1.54) is 0 Å². The Morgan fingerprint density at radius 2 is 1.04 bits per heavy atom. The number of hydrogen-bond donors (Lipinski definition) is 1. The van der Waals surface area contributed by atoms with E-state index in [0.29, 0.717) is 0 Å². The monoisotopic (exact) mass is 343 g/mol. The maximum atomic E-state index is 12.5. The average Bonchev–Trinajstić information content (AvgIpc) is 2.56. The largest absolute Gasteiger partial charge is 0.550 e. The molecule has 0 aliphatic carbocycles. The summed E-state index contributed by atoms with van der Waals surface area (Å²) >= 11 is 0. The fraction of sp³-hybridized carbons (Fsp3) is 0.952. The molecule has 0 aromatic heterocycles. The maximum Gasteiger partial charge on any atom is 0.0481 e. The van der Waals surface area contributed by atoms with Gasteiger partial charge in [-0.2, -0.15) is 0 Å². The molecule has 0 aliphatic heterocycles. The normalized spacial score (nSPS) is 12.0. The fourth-order valence-corrected chi connectivity index (χ4v) is 4.36. The van der Waals surface area contributed by atoms with Gasteiger partial charge in [-0.1, -0.05) is 86.0 Å². The van der Waals surface area contributed by atoms with Gasteiger partial charge >= 0.3 is 0 Å². The van der Waals surface area contributed by atoms with Crippen molar-refractivity contribution in [1.82, 2.24) is 6.15 Å². The average molecular weight is 344 g/mol. The molecule has 0 saturated heterocycles. The first-order chi connectivity index (χ1) is 11.0. The van der Waals surface area contributed by atoms with Gasteiger partial charge in [0.1, 0.15) is 0 Å². The van der Waals surface area contributed by atoms with Gasteiger partial charge in [-0.25, -0.2) is 0 Å². The minimum atomic E-state index is -0.770. The molecule has 4 N–H and O–H groups in total. The number of unbranched alkanes of at least 4 members (excludes halogenated alkanes) is 4. The van der Waals surface area contributed by atoms with Crippen molar-refractivity contribution in [2.24, 2.45) is 10.8 Å². The summed E-state index contributed by atoms with van der Waals surface area (Å²) in [7, 11) is 0. The summed E-state index contributed by atoms with van der Waals surface area (Å²) in [5.41, 5.74) is -0.708. The van der Waals surface area contributed by atoms with Crippen LogP contribution in [0.3, 0.4) is 0 Å². The highest BCUT2D eigenvalue weighted by atomic mass is 16.4. The quantitative estimate of drug-likeness (QED) is 0.381. The molecule has 0 unspecified atom stereocenters. The van der Waals surface area contributed by atoms with Crippen LogP contribution in [0.2, 0.25) is 0 Å². The Bertz CT molecular complexity index is 299. The maximum absolute atomic E-state index is 12.5. The zero-order chi connectivity index (χ0) is 17.8. The first-order valence-electron chi connectivity index (χ1n) is 10.2. The smallest absolute Gasteiger partial charge is 0.0481 e. The highest BCUT2D eigenvalue weighted by molar-refractivity contribution is 5.73. The fourth-order valence-electron chi connectivity index (χ4n) is 4.36. The minimum absolute atomic E-state index is 0. The lowest BCUT2D eigenvalue weighted by molar-refractivity contribution is -0.328. The van der Waals surface area contributed by atoms with Gasteiger partial charge in [0.25, 0.3) is 0 Å². The highest BCUT2D eigenvalue weighted by Crippen LogP contribution is 2.55. The molecule has 0 aromatic rings. The number of carboxylic acid groups (broad SMARTS) is 1. The lowest BCUT2D eigenvalue weighted by Crippen LogP contribution is -2.54. The molecular weight excluding hydrogens is 298 g/mol. The van der Waals surface area contributed by atoms with E-state index in [-0.39, 0.29) is 11.6 Å². The van der Waals surface area contributed by atoms with Crippen molar-refractivity contribution >= 4 is 5.97 Å². The van der Waals surface area contributed by atoms with Crippen molar-refractivity contribution < 1.29 is 9.90 Å². The van der Waals surface area contributed by atoms with Crippen LogP contribution in [0.15, 0.2) is 0 Å². The van der Waals surface area contributed by atoms with Crippen LogP contribution in [-0.2, 0) is 4.79 Å². The summed E-state index contributed by atoms with van der Waals surface area (Å²) < 4.78 is 0. The van der Waals surface area contributed by atoms with Gasteiger partial charge in [-0.05, 0) is 37.5 Å². The molecular formula is C21H45NO2. The summed E-state index contributed by atoms with van der Waals surface area (Å²) in [6.45, 7) is 10.9. The van der Waals surface area contributed by atoms with Crippen LogP contribution in [0.4, 0.5) is 0 Å². The third-order valence-corrected chi connectivity index (χ3v) is 6.01. The SMILES string of the molecule is CCCCC(CC)(CCCC)C(CCCC)(CCCC)C(=O)[O-].[NH4+]. The summed E-state index contributed by atoms with van der Waals surface area (Å²) in [5.74, 6) is -0.770. The highest BCUT2D eigenvalue weighted by Gasteiger charge is 2.49. The van der Waals surface area contributed by atoms with Gasteiger partial charge in [0.05, 0.1) is 0 Å². The third kappa shape index (κ3) is 6.38. The van der Waals surface area contributed by atoms with Crippen molar-refractivity contribution in [2.75, 3.05) is 0 Å². The van der Waals surface area contributed by atoms with E-state index < -0.39 is 11.4 Å². The predicted molar refractivity (Wildman–Crippen MR) is 104 cm³/mol. The number of quaternary nitrogens is 1. The molecule has 0 saturated carbocycles. The molecule has 0 fully saturated rings. The molecule has 0 heterocycles. The van der Waals surface area contributed by atoms with E-state index in [9.17, 15) is 9.90 Å². The van der Waals surface area contributed by atoms with Gasteiger partial charge in [-0.3, -0.25) is 0 Å². The summed E-state index contributed by atoms with van der Waals surface area (Å²) in [6.07, 6.45) is 13.3. The van der Waals surface area contributed by atoms with Gasteiger partial charge in [0.2, 0.25) is 0 Å². The first kappa shape index (κ1) is 25.7. The van der Waals surface area contributed by atoms with E-state index in [1.54, 1.807) is 0 Å².